The summed E-state index contributed by atoms with van der Waals surface area (Å²) in [6.45, 7) is 0. The second-order valence-corrected chi connectivity index (χ2v) is 10.4. The SMILES string of the molecule is COc1cc(-c2c3[nH]c4ccccc4c3c(-c3cc(OC)c(OC)c(OC)c3)c3c2[nH]c2ccccc23)cc(OC)c1OC. The summed E-state index contributed by atoms with van der Waals surface area (Å²) in [4.78, 5) is 7.51. The number of fused-ring (bicyclic) bond motifs is 6. The average Bonchev–Trinajstić information content (AvgIpc) is 3.64. The van der Waals surface area contributed by atoms with Crippen LogP contribution in [0.4, 0.5) is 0 Å². The van der Waals surface area contributed by atoms with Gasteiger partial charge in [-0.1, -0.05) is 36.4 Å². The van der Waals surface area contributed by atoms with Crippen LogP contribution in [-0.4, -0.2) is 52.6 Å². The molecule has 222 valence electrons. The molecule has 2 N–H and O–H groups in total. The number of aromatic nitrogens is 2. The molecule has 5 aromatic carbocycles. The fourth-order valence-corrected chi connectivity index (χ4v) is 6.46. The van der Waals surface area contributed by atoms with E-state index in [4.69, 9.17) is 28.4 Å². The van der Waals surface area contributed by atoms with Crippen LogP contribution in [0.15, 0.2) is 72.8 Å². The van der Waals surface area contributed by atoms with Gasteiger partial charge in [-0.3, -0.25) is 0 Å². The number of ether oxygens (including phenoxy) is 6. The van der Waals surface area contributed by atoms with Crippen molar-refractivity contribution in [2.75, 3.05) is 42.7 Å². The highest BCUT2D eigenvalue weighted by molar-refractivity contribution is 6.32. The lowest BCUT2D eigenvalue weighted by Gasteiger charge is -2.18. The lowest BCUT2D eigenvalue weighted by Crippen LogP contribution is -1.97. The summed E-state index contributed by atoms with van der Waals surface area (Å²) in [6, 6.07) is 24.7. The predicted octanol–water partition coefficient (Wildman–Crippen LogP) is 8.34. The lowest BCUT2D eigenvalue weighted by atomic mass is 9.89. The maximum absolute atomic E-state index is 5.81. The van der Waals surface area contributed by atoms with Crippen LogP contribution in [0.25, 0.3) is 65.9 Å². The fraction of sp³-hybridized carbons (Fsp3) is 0.167. The van der Waals surface area contributed by atoms with Crippen LogP contribution >= 0.6 is 0 Å². The summed E-state index contributed by atoms with van der Waals surface area (Å²) >= 11 is 0. The first-order chi connectivity index (χ1) is 21.6. The molecule has 0 saturated carbocycles. The van der Waals surface area contributed by atoms with Gasteiger partial charge in [0.2, 0.25) is 11.5 Å². The number of para-hydroxylation sites is 2. The minimum Gasteiger partial charge on any atom is -0.493 e. The number of aromatic amines is 2. The van der Waals surface area contributed by atoms with Crippen molar-refractivity contribution in [2.45, 2.75) is 0 Å². The zero-order chi connectivity index (χ0) is 30.5. The van der Waals surface area contributed by atoms with E-state index in [1.807, 2.05) is 36.4 Å². The van der Waals surface area contributed by atoms with Crippen LogP contribution in [0.1, 0.15) is 0 Å². The highest BCUT2D eigenvalue weighted by Crippen LogP contribution is 2.52. The van der Waals surface area contributed by atoms with Crippen molar-refractivity contribution in [1.29, 1.82) is 0 Å². The molecule has 0 bridgehead atoms. The third kappa shape index (κ3) is 3.91. The molecular weight excluding hydrogens is 556 g/mol. The van der Waals surface area contributed by atoms with E-state index in [1.165, 1.54) is 0 Å². The number of benzene rings is 5. The van der Waals surface area contributed by atoms with Crippen molar-refractivity contribution in [3.05, 3.63) is 72.8 Å². The number of H-pyrrole nitrogens is 2. The molecule has 8 heteroatoms. The Morgan fingerprint density at radius 3 is 1.16 bits per heavy atom. The minimum atomic E-state index is 0.536. The van der Waals surface area contributed by atoms with Gasteiger partial charge in [0.15, 0.2) is 23.0 Å². The molecule has 44 heavy (non-hydrogen) atoms. The minimum absolute atomic E-state index is 0.536. The molecule has 0 unspecified atom stereocenters. The van der Waals surface area contributed by atoms with Crippen LogP contribution in [-0.2, 0) is 0 Å². The summed E-state index contributed by atoms with van der Waals surface area (Å²) < 4.78 is 34.5. The van der Waals surface area contributed by atoms with Crippen molar-refractivity contribution in [3.8, 4) is 56.8 Å². The monoisotopic (exact) mass is 588 g/mol. The molecule has 0 atom stereocenters. The highest BCUT2D eigenvalue weighted by Gasteiger charge is 2.26. The average molecular weight is 589 g/mol. The number of rotatable bonds is 8. The fourth-order valence-electron chi connectivity index (χ4n) is 6.46. The summed E-state index contributed by atoms with van der Waals surface area (Å²) in [7, 11) is 9.76. The van der Waals surface area contributed by atoms with Gasteiger partial charge in [-0.2, -0.15) is 0 Å². The first-order valence-corrected chi connectivity index (χ1v) is 14.1. The van der Waals surface area contributed by atoms with Gasteiger partial charge in [-0.25, -0.2) is 0 Å². The second-order valence-electron chi connectivity index (χ2n) is 10.4. The van der Waals surface area contributed by atoms with Crippen LogP contribution in [0.3, 0.4) is 0 Å². The lowest BCUT2D eigenvalue weighted by molar-refractivity contribution is 0.324. The highest BCUT2D eigenvalue weighted by atomic mass is 16.5. The molecule has 2 aromatic heterocycles. The van der Waals surface area contributed by atoms with Gasteiger partial charge < -0.3 is 38.4 Å². The topological polar surface area (TPSA) is 87.0 Å². The third-order valence-corrected chi connectivity index (χ3v) is 8.32. The van der Waals surface area contributed by atoms with Gasteiger partial charge in [0.25, 0.3) is 0 Å². The maximum Gasteiger partial charge on any atom is 0.203 e. The maximum atomic E-state index is 5.81. The first kappa shape index (κ1) is 27.3. The van der Waals surface area contributed by atoms with Gasteiger partial charge in [0.05, 0.1) is 53.7 Å². The van der Waals surface area contributed by atoms with E-state index >= 15 is 0 Å². The first-order valence-electron chi connectivity index (χ1n) is 14.1. The van der Waals surface area contributed by atoms with Crippen LogP contribution in [0, 0.1) is 0 Å². The Morgan fingerprint density at radius 2 is 0.795 bits per heavy atom. The third-order valence-electron chi connectivity index (χ3n) is 8.32. The van der Waals surface area contributed by atoms with E-state index in [0.717, 1.165) is 65.9 Å². The molecule has 7 aromatic rings. The van der Waals surface area contributed by atoms with Crippen molar-refractivity contribution in [2.24, 2.45) is 0 Å². The van der Waals surface area contributed by atoms with E-state index in [1.54, 1.807) is 42.7 Å². The van der Waals surface area contributed by atoms with E-state index in [2.05, 4.69) is 46.4 Å². The Hall–Kier alpha value is -5.50. The summed E-state index contributed by atoms with van der Waals surface area (Å²) in [5, 5.41) is 4.31. The van der Waals surface area contributed by atoms with E-state index in [-0.39, 0.29) is 0 Å². The normalized spacial score (nSPS) is 11.4. The number of methoxy groups -OCH3 is 6. The summed E-state index contributed by atoms with van der Waals surface area (Å²) in [5.41, 5.74) is 7.82. The van der Waals surface area contributed by atoms with Crippen LogP contribution < -0.4 is 28.4 Å². The molecule has 0 aliphatic rings. The summed E-state index contributed by atoms with van der Waals surface area (Å²) in [6.07, 6.45) is 0. The molecule has 0 radical (unpaired) electrons. The second kappa shape index (κ2) is 10.6. The molecule has 2 heterocycles. The Bertz CT molecular complexity index is 2070. The van der Waals surface area contributed by atoms with E-state index < -0.39 is 0 Å². The molecule has 0 aliphatic carbocycles. The standard InChI is InChI=1S/C36H32N2O6/c1-39-25-15-19(16-26(40-2)35(25)43-5)29-31-21-11-7-9-13-23(21)37-33(31)30(34-32(29)22-12-8-10-14-24(22)38-34)20-17-27(41-3)36(44-6)28(18-20)42-4/h7-18,37-38H,1-6H3. The van der Waals surface area contributed by atoms with Crippen LogP contribution in [0.2, 0.25) is 0 Å². The van der Waals surface area contributed by atoms with Gasteiger partial charge in [-0.15, -0.1) is 0 Å². The largest absolute Gasteiger partial charge is 0.493 e. The Morgan fingerprint density at radius 1 is 0.432 bits per heavy atom. The number of nitrogens with one attached hydrogen (secondary N) is 2. The van der Waals surface area contributed by atoms with E-state index in [0.29, 0.717) is 34.5 Å². The van der Waals surface area contributed by atoms with Crippen molar-refractivity contribution < 1.29 is 28.4 Å². The Balaban J connectivity index is 1.74. The molecule has 0 spiro atoms. The van der Waals surface area contributed by atoms with Gasteiger partial charge in [0.1, 0.15) is 0 Å². The Kier molecular flexibility index (Phi) is 6.62. The molecule has 0 aliphatic heterocycles. The zero-order valence-electron chi connectivity index (χ0n) is 25.4. The van der Waals surface area contributed by atoms with Gasteiger partial charge in [0, 0.05) is 43.7 Å². The van der Waals surface area contributed by atoms with Gasteiger partial charge in [-0.05, 0) is 47.5 Å². The molecule has 0 amide bonds. The number of hydrogen-bond acceptors (Lipinski definition) is 6. The van der Waals surface area contributed by atoms with Crippen molar-refractivity contribution in [3.63, 3.8) is 0 Å². The van der Waals surface area contributed by atoms with Crippen molar-refractivity contribution >= 4 is 43.6 Å². The molecule has 0 saturated heterocycles. The quantitative estimate of drug-likeness (QED) is 0.186. The smallest absolute Gasteiger partial charge is 0.203 e. The predicted molar refractivity (Wildman–Crippen MR) is 175 cm³/mol. The Labute approximate surface area is 254 Å². The molecule has 7 rings (SSSR count). The summed E-state index contributed by atoms with van der Waals surface area (Å²) in [5.74, 6) is 3.38. The molecule has 0 fully saturated rings. The number of hydrogen-bond donors (Lipinski definition) is 2. The van der Waals surface area contributed by atoms with E-state index in [9.17, 15) is 0 Å². The molecule has 8 nitrogen and oxygen atoms in total. The molecular formula is C36H32N2O6. The van der Waals surface area contributed by atoms with Gasteiger partial charge >= 0.3 is 0 Å². The van der Waals surface area contributed by atoms with Crippen LogP contribution in [0.5, 0.6) is 34.5 Å². The van der Waals surface area contributed by atoms with Crippen molar-refractivity contribution in [1.82, 2.24) is 9.97 Å². The zero-order valence-corrected chi connectivity index (χ0v) is 25.4.